The van der Waals surface area contributed by atoms with E-state index in [2.05, 4.69) is 17.8 Å². The molecule has 1 N–H and O–H groups in total. The largest absolute Gasteiger partial charge is 0.301 e. The van der Waals surface area contributed by atoms with Gasteiger partial charge in [-0.25, -0.2) is 0 Å². The molecule has 0 bridgehead atoms. The van der Waals surface area contributed by atoms with Crippen LogP contribution in [0.15, 0.2) is 12.7 Å². The zero-order valence-electron chi connectivity index (χ0n) is 7.55. The summed E-state index contributed by atoms with van der Waals surface area (Å²) in [5, 5.41) is 3.45. The zero-order chi connectivity index (χ0) is 8.81. The number of hydrogen-bond acceptors (Lipinski definition) is 1. The molecule has 66 valence electrons. The van der Waals surface area contributed by atoms with Crippen molar-refractivity contribution in [2.45, 2.75) is 44.2 Å². The smallest absolute Gasteiger partial charge is 0.0689 e. The topological polar surface area (TPSA) is 12.0 Å². The SMILES string of the molecule is C#CC1CCCC(CCC=C)N1. The molecule has 0 aromatic heterocycles. The maximum absolute atomic E-state index is 5.36. The Balaban J connectivity index is 2.26. The molecule has 0 spiro atoms. The van der Waals surface area contributed by atoms with E-state index in [0.717, 1.165) is 12.8 Å². The molecule has 0 saturated carbocycles. The molecular weight excluding hydrogens is 146 g/mol. The molecule has 2 atom stereocenters. The van der Waals surface area contributed by atoms with Gasteiger partial charge in [0.2, 0.25) is 0 Å². The van der Waals surface area contributed by atoms with Crippen molar-refractivity contribution in [2.75, 3.05) is 0 Å². The molecule has 1 heteroatoms. The van der Waals surface area contributed by atoms with Gasteiger partial charge in [0.1, 0.15) is 0 Å². The number of piperidine rings is 1. The van der Waals surface area contributed by atoms with E-state index in [9.17, 15) is 0 Å². The highest BCUT2D eigenvalue weighted by molar-refractivity contribution is 5.01. The Morgan fingerprint density at radius 3 is 3.08 bits per heavy atom. The predicted molar refractivity (Wildman–Crippen MR) is 52.8 cm³/mol. The van der Waals surface area contributed by atoms with Crippen LogP contribution in [0.3, 0.4) is 0 Å². The van der Waals surface area contributed by atoms with Crippen molar-refractivity contribution in [1.82, 2.24) is 5.32 Å². The molecule has 1 heterocycles. The molecule has 0 aliphatic carbocycles. The van der Waals surface area contributed by atoms with Gasteiger partial charge in [-0.15, -0.1) is 13.0 Å². The number of terminal acetylenes is 1. The van der Waals surface area contributed by atoms with E-state index >= 15 is 0 Å². The lowest BCUT2D eigenvalue weighted by Crippen LogP contribution is -2.41. The molecule has 1 nitrogen and oxygen atoms in total. The molecule has 1 fully saturated rings. The van der Waals surface area contributed by atoms with Gasteiger partial charge in [0.25, 0.3) is 0 Å². The van der Waals surface area contributed by atoms with E-state index in [4.69, 9.17) is 6.42 Å². The average Bonchev–Trinajstić information content (AvgIpc) is 2.15. The summed E-state index contributed by atoms with van der Waals surface area (Å²) in [5.74, 6) is 2.77. The van der Waals surface area contributed by atoms with Gasteiger partial charge < -0.3 is 5.32 Å². The van der Waals surface area contributed by atoms with Crippen LogP contribution in [0.2, 0.25) is 0 Å². The normalized spacial score (nSPS) is 29.2. The number of allylic oxidation sites excluding steroid dienone is 1. The Kier molecular flexibility index (Phi) is 3.90. The molecule has 12 heavy (non-hydrogen) atoms. The quantitative estimate of drug-likeness (QED) is 0.496. The van der Waals surface area contributed by atoms with Crippen molar-refractivity contribution in [2.24, 2.45) is 0 Å². The fraction of sp³-hybridized carbons (Fsp3) is 0.636. The standard InChI is InChI=1S/C11H17N/c1-3-5-7-11-9-6-8-10(4-2)12-11/h2-3,10-12H,1,5-9H2. The van der Waals surface area contributed by atoms with Crippen LogP contribution in [0.1, 0.15) is 32.1 Å². The second kappa shape index (κ2) is 5.00. The molecular formula is C11H17N. The first kappa shape index (κ1) is 9.35. The zero-order valence-corrected chi connectivity index (χ0v) is 7.55. The van der Waals surface area contributed by atoms with Crippen LogP contribution >= 0.6 is 0 Å². The molecule has 1 rings (SSSR count). The molecule has 0 aromatic rings. The fourth-order valence-electron chi connectivity index (χ4n) is 1.70. The van der Waals surface area contributed by atoms with Gasteiger partial charge in [-0.05, 0) is 32.1 Å². The Labute approximate surface area is 75.2 Å². The third-order valence-electron chi connectivity index (χ3n) is 2.40. The third-order valence-corrected chi connectivity index (χ3v) is 2.40. The van der Waals surface area contributed by atoms with Crippen LogP contribution in [-0.4, -0.2) is 12.1 Å². The van der Waals surface area contributed by atoms with Crippen molar-refractivity contribution in [3.05, 3.63) is 12.7 Å². The molecule has 0 aromatic carbocycles. The summed E-state index contributed by atoms with van der Waals surface area (Å²) in [6, 6.07) is 0.936. The number of hydrogen-bond donors (Lipinski definition) is 1. The van der Waals surface area contributed by atoms with Crippen LogP contribution < -0.4 is 5.32 Å². The van der Waals surface area contributed by atoms with E-state index in [1.54, 1.807) is 0 Å². The predicted octanol–water partition coefficient (Wildman–Crippen LogP) is 2.10. The van der Waals surface area contributed by atoms with Crippen molar-refractivity contribution in [3.63, 3.8) is 0 Å². The van der Waals surface area contributed by atoms with Crippen molar-refractivity contribution in [1.29, 1.82) is 0 Å². The first-order valence-electron chi connectivity index (χ1n) is 4.70. The fourth-order valence-corrected chi connectivity index (χ4v) is 1.70. The van der Waals surface area contributed by atoms with E-state index in [-0.39, 0.29) is 0 Å². The van der Waals surface area contributed by atoms with Crippen LogP contribution in [0.25, 0.3) is 0 Å². The second-order valence-electron chi connectivity index (χ2n) is 3.38. The van der Waals surface area contributed by atoms with Gasteiger partial charge in [0, 0.05) is 6.04 Å². The average molecular weight is 163 g/mol. The monoisotopic (exact) mass is 163 g/mol. The highest BCUT2D eigenvalue weighted by atomic mass is 15.0. The lowest BCUT2D eigenvalue weighted by Gasteiger charge is -2.27. The van der Waals surface area contributed by atoms with E-state index in [0.29, 0.717) is 12.1 Å². The van der Waals surface area contributed by atoms with Crippen molar-refractivity contribution >= 4 is 0 Å². The summed E-state index contributed by atoms with van der Waals surface area (Å²) in [4.78, 5) is 0. The van der Waals surface area contributed by atoms with Gasteiger partial charge in [-0.1, -0.05) is 12.0 Å². The highest BCUT2D eigenvalue weighted by Crippen LogP contribution is 2.15. The second-order valence-corrected chi connectivity index (χ2v) is 3.38. The first-order valence-corrected chi connectivity index (χ1v) is 4.70. The third kappa shape index (κ3) is 2.71. The van der Waals surface area contributed by atoms with Gasteiger partial charge in [0.15, 0.2) is 0 Å². The van der Waals surface area contributed by atoms with Gasteiger partial charge in [0.05, 0.1) is 6.04 Å². The highest BCUT2D eigenvalue weighted by Gasteiger charge is 2.17. The Bertz CT molecular complexity index is 178. The Hall–Kier alpha value is -0.740. The summed E-state index contributed by atoms with van der Waals surface area (Å²) in [6.45, 7) is 3.72. The van der Waals surface area contributed by atoms with Crippen LogP contribution in [0.5, 0.6) is 0 Å². The molecule has 2 unspecified atom stereocenters. The Morgan fingerprint density at radius 1 is 1.58 bits per heavy atom. The minimum absolute atomic E-state index is 0.313. The van der Waals surface area contributed by atoms with Crippen molar-refractivity contribution < 1.29 is 0 Å². The van der Waals surface area contributed by atoms with Crippen LogP contribution in [-0.2, 0) is 0 Å². The van der Waals surface area contributed by atoms with Crippen LogP contribution in [0.4, 0.5) is 0 Å². The lowest BCUT2D eigenvalue weighted by molar-refractivity contribution is 0.348. The van der Waals surface area contributed by atoms with E-state index < -0.39 is 0 Å². The van der Waals surface area contributed by atoms with Gasteiger partial charge in [-0.2, -0.15) is 0 Å². The maximum Gasteiger partial charge on any atom is 0.0689 e. The van der Waals surface area contributed by atoms with E-state index in [1.165, 1.54) is 19.3 Å². The van der Waals surface area contributed by atoms with Gasteiger partial charge >= 0.3 is 0 Å². The lowest BCUT2D eigenvalue weighted by atomic mass is 9.96. The first-order chi connectivity index (χ1) is 5.86. The minimum Gasteiger partial charge on any atom is -0.301 e. The molecule has 1 aliphatic rings. The minimum atomic E-state index is 0.313. The number of rotatable bonds is 3. The molecule has 0 amide bonds. The summed E-state index contributed by atoms with van der Waals surface area (Å²) < 4.78 is 0. The molecule has 0 radical (unpaired) electrons. The summed E-state index contributed by atoms with van der Waals surface area (Å²) in [5.41, 5.74) is 0. The summed E-state index contributed by atoms with van der Waals surface area (Å²) in [6.07, 6.45) is 13.3. The van der Waals surface area contributed by atoms with Crippen LogP contribution in [0, 0.1) is 12.3 Å². The maximum atomic E-state index is 5.36. The van der Waals surface area contributed by atoms with Gasteiger partial charge in [-0.3, -0.25) is 0 Å². The number of nitrogens with one attached hydrogen (secondary N) is 1. The molecule has 1 saturated heterocycles. The van der Waals surface area contributed by atoms with Crippen molar-refractivity contribution in [3.8, 4) is 12.3 Å². The van der Waals surface area contributed by atoms with E-state index in [1.807, 2.05) is 6.08 Å². The summed E-state index contributed by atoms with van der Waals surface area (Å²) >= 11 is 0. The summed E-state index contributed by atoms with van der Waals surface area (Å²) in [7, 11) is 0. The molecule has 1 aliphatic heterocycles. The Morgan fingerprint density at radius 2 is 2.42 bits per heavy atom.